The van der Waals surface area contributed by atoms with Gasteiger partial charge >= 0.3 is 5.97 Å². The number of nitrogens with zero attached hydrogens (tertiary/aromatic N) is 1. The molecular weight excluding hydrogens is 262 g/mol. The molecule has 0 bridgehead atoms. The van der Waals surface area contributed by atoms with Gasteiger partial charge in [0, 0.05) is 19.6 Å². The van der Waals surface area contributed by atoms with E-state index in [4.69, 9.17) is 4.74 Å². The monoisotopic (exact) mass is 281 g/mol. The van der Waals surface area contributed by atoms with E-state index in [0.717, 1.165) is 5.56 Å². The van der Waals surface area contributed by atoms with E-state index in [1.807, 2.05) is 32.9 Å². The summed E-state index contributed by atoms with van der Waals surface area (Å²) in [5.74, 6) is 0.182. The number of hydrogen-bond acceptors (Lipinski definition) is 3. The maximum Gasteiger partial charge on any atom is 0.308 e. The van der Waals surface area contributed by atoms with E-state index in [2.05, 4.69) is 4.40 Å². The fourth-order valence-corrected chi connectivity index (χ4v) is 1.75. The highest BCUT2D eigenvalue weighted by Crippen LogP contribution is 2.14. The summed E-state index contributed by atoms with van der Waals surface area (Å²) in [5, 5.41) is 0. The lowest BCUT2D eigenvalue weighted by Gasteiger charge is -2.12. The van der Waals surface area contributed by atoms with Gasteiger partial charge in [-0.3, -0.25) is 4.79 Å². The maximum atomic E-state index is 11.7. The van der Waals surface area contributed by atoms with Crippen LogP contribution < -0.4 is 4.74 Å². The van der Waals surface area contributed by atoms with Crippen LogP contribution in [0.15, 0.2) is 28.7 Å². The van der Waals surface area contributed by atoms with Crippen LogP contribution in [0.4, 0.5) is 0 Å². The van der Waals surface area contributed by atoms with Gasteiger partial charge in [0.2, 0.25) is 0 Å². The molecule has 0 N–H and O–H groups in total. The zero-order valence-electron chi connectivity index (χ0n) is 11.7. The van der Waals surface area contributed by atoms with Crippen LogP contribution in [-0.4, -0.2) is 21.1 Å². The van der Waals surface area contributed by atoms with Crippen LogP contribution in [0.5, 0.6) is 5.75 Å². The van der Waals surface area contributed by atoms with Crippen molar-refractivity contribution in [3.05, 3.63) is 29.8 Å². The molecule has 19 heavy (non-hydrogen) atoms. The molecule has 0 fully saturated rings. The molecule has 0 aliphatic rings. The summed E-state index contributed by atoms with van der Waals surface area (Å²) in [6.45, 7) is 7.01. The normalized spacial score (nSPS) is 13.5. The Hall–Kier alpha value is -1.49. The highest BCUT2D eigenvalue weighted by atomic mass is 32.2. The first kappa shape index (κ1) is 15.6. The van der Waals surface area contributed by atoms with Crippen LogP contribution in [0.1, 0.15) is 33.3 Å². The average Bonchev–Trinajstić information content (AvgIpc) is 2.29. The standard InChI is InChI=1S/C14H19NO3S/c1-11(16)18-13-7-5-12(6-8-13)9-10-15-19(17)14(2,3)4/h5-8,10H,9H2,1-4H3/b15-10+. The van der Waals surface area contributed by atoms with Gasteiger partial charge in [0.1, 0.15) is 16.7 Å². The van der Waals surface area contributed by atoms with E-state index in [0.29, 0.717) is 12.2 Å². The van der Waals surface area contributed by atoms with E-state index in [-0.39, 0.29) is 10.7 Å². The van der Waals surface area contributed by atoms with Gasteiger partial charge in [0.25, 0.3) is 0 Å². The number of carbonyl (C=O) groups is 1. The Balaban J connectivity index is 2.57. The lowest BCUT2D eigenvalue weighted by Crippen LogP contribution is -2.19. The number of ether oxygens (including phenoxy) is 1. The van der Waals surface area contributed by atoms with Crippen LogP contribution >= 0.6 is 0 Å². The van der Waals surface area contributed by atoms with E-state index in [9.17, 15) is 9.00 Å². The summed E-state index contributed by atoms with van der Waals surface area (Å²) in [6, 6.07) is 7.16. The predicted octanol–water partition coefficient (Wildman–Crippen LogP) is 2.69. The van der Waals surface area contributed by atoms with E-state index < -0.39 is 11.0 Å². The zero-order chi connectivity index (χ0) is 14.5. The molecule has 1 unspecified atom stereocenters. The van der Waals surface area contributed by atoms with E-state index in [1.54, 1.807) is 18.3 Å². The second kappa shape index (κ2) is 6.61. The molecular formula is C14H19NO3S. The van der Waals surface area contributed by atoms with Gasteiger partial charge < -0.3 is 4.74 Å². The van der Waals surface area contributed by atoms with Crippen molar-refractivity contribution in [3.8, 4) is 5.75 Å². The van der Waals surface area contributed by atoms with Crippen LogP contribution in [0.25, 0.3) is 0 Å². The number of esters is 1. The number of benzene rings is 1. The summed E-state index contributed by atoms with van der Waals surface area (Å²) in [4.78, 5) is 10.8. The third-order valence-corrected chi connectivity index (χ3v) is 3.59. The summed E-state index contributed by atoms with van der Waals surface area (Å²) in [6.07, 6.45) is 2.25. The van der Waals surface area contributed by atoms with E-state index >= 15 is 0 Å². The first-order chi connectivity index (χ1) is 8.79. The molecule has 1 aromatic carbocycles. The molecule has 104 valence electrons. The minimum atomic E-state index is -1.22. The van der Waals surface area contributed by atoms with Crippen molar-refractivity contribution < 1.29 is 13.7 Å². The molecule has 0 radical (unpaired) electrons. The second-order valence-corrected chi connectivity index (χ2v) is 7.03. The largest absolute Gasteiger partial charge is 0.427 e. The van der Waals surface area contributed by atoms with Gasteiger partial charge in [-0.2, -0.15) is 4.40 Å². The maximum absolute atomic E-state index is 11.7. The second-order valence-electron chi connectivity index (χ2n) is 5.09. The third kappa shape index (κ3) is 5.79. The SMILES string of the molecule is CC(=O)Oc1ccc(C/C=N/S(=O)C(C)(C)C)cc1. The van der Waals surface area contributed by atoms with Crippen molar-refractivity contribution in [2.45, 2.75) is 38.9 Å². The van der Waals surface area contributed by atoms with Gasteiger partial charge in [-0.25, -0.2) is 4.21 Å². The molecule has 5 heteroatoms. The highest BCUT2D eigenvalue weighted by molar-refractivity contribution is 7.85. The summed E-state index contributed by atoms with van der Waals surface area (Å²) >= 11 is 0. The third-order valence-electron chi connectivity index (χ3n) is 2.21. The van der Waals surface area contributed by atoms with Crippen molar-refractivity contribution in [1.29, 1.82) is 0 Å². The summed E-state index contributed by atoms with van der Waals surface area (Å²) in [7, 11) is -1.22. The van der Waals surface area contributed by atoms with Crippen molar-refractivity contribution >= 4 is 23.2 Å². The molecule has 0 aliphatic carbocycles. The Bertz CT molecular complexity index is 486. The molecule has 1 rings (SSSR count). The van der Waals surface area contributed by atoms with Crippen molar-refractivity contribution in [3.63, 3.8) is 0 Å². The van der Waals surface area contributed by atoms with Crippen LogP contribution in [0, 0.1) is 0 Å². The highest BCUT2D eigenvalue weighted by Gasteiger charge is 2.17. The minimum Gasteiger partial charge on any atom is -0.427 e. The fourth-order valence-electron chi connectivity index (χ4n) is 1.23. The predicted molar refractivity (Wildman–Crippen MR) is 77.8 cm³/mol. The van der Waals surface area contributed by atoms with Gasteiger partial charge in [0.15, 0.2) is 0 Å². The Labute approximate surface area is 116 Å². The zero-order valence-corrected chi connectivity index (χ0v) is 12.5. The lowest BCUT2D eigenvalue weighted by atomic mass is 10.2. The summed E-state index contributed by atoms with van der Waals surface area (Å²) in [5.41, 5.74) is 1.02. The van der Waals surface area contributed by atoms with Gasteiger partial charge in [-0.1, -0.05) is 12.1 Å². The number of hydrogen-bond donors (Lipinski definition) is 0. The molecule has 0 aliphatic heterocycles. The first-order valence-corrected chi connectivity index (χ1v) is 7.11. The van der Waals surface area contributed by atoms with Gasteiger partial charge in [0.05, 0.1) is 4.75 Å². The first-order valence-electron chi connectivity index (χ1n) is 6.01. The number of carbonyl (C=O) groups excluding carboxylic acids is 1. The number of rotatable bonds is 4. The van der Waals surface area contributed by atoms with Crippen LogP contribution in [0.3, 0.4) is 0 Å². The van der Waals surface area contributed by atoms with Crippen LogP contribution in [0.2, 0.25) is 0 Å². The quantitative estimate of drug-likeness (QED) is 0.484. The molecule has 0 amide bonds. The molecule has 1 aromatic rings. The fraction of sp³-hybridized carbons (Fsp3) is 0.429. The Kier molecular flexibility index (Phi) is 5.42. The molecule has 4 nitrogen and oxygen atoms in total. The van der Waals surface area contributed by atoms with Crippen molar-refractivity contribution in [2.24, 2.45) is 4.40 Å². The molecule has 0 aromatic heterocycles. The van der Waals surface area contributed by atoms with Gasteiger partial charge in [-0.15, -0.1) is 0 Å². The Morgan fingerprint density at radius 3 is 2.37 bits per heavy atom. The van der Waals surface area contributed by atoms with Crippen molar-refractivity contribution in [2.75, 3.05) is 0 Å². The molecule has 0 saturated heterocycles. The molecule has 0 heterocycles. The van der Waals surface area contributed by atoms with Crippen LogP contribution in [-0.2, 0) is 22.2 Å². The molecule has 0 spiro atoms. The molecule has 0 saturated carbocycles. The summed E-state index contributed by atoms with van der Waals surface area (Å²) < 4.78 is 20.3. The van der Waals surface area contributed by atoms with Gasteiger partial charge in [-0.05, 0) is 38.5 Å². The minimum absolute atomic E-state index is 0.338. The topological polar surface area (TPSA) is 55.7 Å². The smallest absolute Gasteiger partial charge is 0.308 e. The lowest BCUT2D eigenvalue weighted by molar-refractivity contribution is -0.131. The van der Waals surface area contributed by atoms with E-state index in [1.165, 1.54) is 6.92 Å². The molecule has 1 atom stereocenters. The Morgan fingerprint density at radius 2 is 1.89 bits per heavy atom. The average molecular weight is 281 g/mol. The Morgan fingerprint density at radius 1 is 1.32 bits per heavy atom. The van der Waals surface area contributed by atoms with Crippen molar-refractivity contribution in [1.82, 2.24) is 0 Å².